The van der Waals surface area contributed by atoms with Gasteiger partial charge in [0, 0.05) is 24.7 Å². The van der Waals surface area contributed by atoms with E-state index in [2.05, 4.69) is 5.32 Å². The zero-order chi connectivity index (χ0) is 27.7. The van der Waals surface area contributed by atoms with Gasteiger partial charge in [-0.2, -0.15) is 0 Å². The van der Waals surface area contributed by atoms with E-state index < -0.39 is 22.8 Å². The fourth-order valence-corrected chi connectivity index (χ4v) is 7.38. The number of halogens is 3. The maximum absolute atomic E-state index is 14.6. The van der Waals surface area contributed by atoms with E-state index in [9.17, 15) is 18.1 Å². The van der Waals surface area contributed by atoms with Gasteiger partial charge < -0.3 is 14.8 Å². The van der Waals surface area contributed by atoms with Crippen LogP contribution in [0.25, 0.3) is 21.2 Å². The van der Waals surface area contributed by atoms with Crippen molar-refractivity contribution in [3.05, 3.63) is 87.8 Å². The molecule has 204 valence electrons. The van der Waals surface area contributed by atoms with Gasteiger partial charge in [-0.3, -0.25) is 4.79 Å². The predicted molar refractivity (Wildman–Crippen MR) is 156 cm³/mol. The third-order valence-electron chi connectivity index (χ3n) is 7.46. The number of carbonyl (C=O) groups excluding carboxylic acids is 1. The summed E-state index contributed by atoms with van der Waals surface area (Å²) in [6.07, 6.45) is 5.13. The molecule has 0 aliphatic heterocycles. The highest BCUT2D eigenvalue weighted by Crippen LogP contribution is 2.40. The van der Waals surface area contributed by atoms with Gasteiger partial charge in [-0.25, -0.2) is 8.78 Å². The molecule has 1 fully saturated rings. The zero-order valence-electron chi connectivity index (χ0n) is 21.7. The van der Waals surface area contributed by atoms with Gasteiger partial charge in [0.25, 0.3) is 5.91 Å². The van der Waals surface area contributed by atoms with Crippen LogP contribution in [0.15, 0.2) is 65.6 Å². The summed E-state index contributed by atoms with van der Waals surface area (Å²) >= 11 is 6.34. The Balaban J connectivity index is 1.50. The number of amides is 1. The first-order valence-corrected chi connectivity index (χ1v) is 15.6. The van der Waals surface area contributed by atoms with E-state index in [4.69, 9.17) is 11.6 Å². The lowest BCUT2D eigenvalue weighted by molar-refractivity contribution is 0.0606. The van der Waals surface area contributed by atoms with Crippen LogP contribution in [-0.2, 0) is 17.7 Å². The highest BCUT2D eigenvalue weighted by molar-refractivity contribution is 7.90. The molecule has 5 rings (SSSR count). The minimum Gasteiger partial charge on any atom is -0.612 e. The van der Waals surface area contributed by atoms with Gasteiger partial charge in [-0.15, -0.1) is 11.3 Å². The van der Waals surface area contributed by atoms with Crippen molar-refractivity contribution in [2.45, 2.75) is 49.2 Å². The molecule has 4 aromatic rings. The maximum atomic E-state index is 14.6. The largest absolute Gasteiger partial charge is 0.612 e. The Hall–Kier alpha value is -2.49. The van der Waals surface area contributed by atoms with Crippen molar-refractivity contribution in [3.63, 3.8) is 0 Å². The van der Waals surface area contributed by atoms with E-state index in [0.29, 0.717) is 12.6 Å². The van der Waals surface area contributed by atoms with Gasteiger partial charge in [-0.05, 0) is 84.9 Å². The number of thiophene rings is 1. The number of hydrogen-bond donors (Lipinski definition) is 1. The van der Waals surface area contributed by atoms with Crippen molar-refractivity contribution in [3.8, 4) is 11.1 Å². The zero-order valence-corrected chi connectivity index (χ0v) is 24.1. The van der Waals surface area contributed by atoms with Gasteiger partial charge in [0.15, 0.2) is 4.90 Å². The van der Waals surface area contributed by atoms with E-state index in [1.165, 1.54) is 0 Å². The van der Waals surface area contributed by atoms with Crippen LogP contribution in [0, 0.1) is 11.6 Å². The predicted octanol–water partition coefficient (Wildman–Crippen LogP) is 7.41. The van der Waals surface area contributed by atoms with Gasteiger partial charge in [-0.1, -0.05) is 41.9 Å². The first kappa shape index (κ1) is 28.1. The molecule has 1 saturated carbocycles. The summed E-state index contributed by atoms with van der Waals surface area (Å²) in [6.45, 7) is 0.330. The highest BCUT2D eigenvalue weighted by Gasteiger charge is 2.32. The standard InChI is InChI=1S/C30H29ClF2N2O2S2/c1-34-21-9-11-22(12-10-21)35(30(36)29-27(31)26-24(32)13-14-25(33)28(26)38-29)17-18-5-3-6-19(15-18)20-7-4-8-23(16-20)39(2)37/h3-8,13-16,21-22,34H,9-12,17H2,1-2H3/t21-,22+,39?. The lowest BCUT2D eigenvalue weighted by Crippen LogP contribution is -2.44. The molecule has 1 atom stereocenters. The van der Waals surface area contributed by atoms with Gasteiger partial charge >= 0.3 is 0 Å². The average Bonchev–Trinajstić information content (AvgIpc) is 3.32. The molecule has 1 aromatic heterocycles. The molecule has 1 heterocycles. The van der Waals surface area contributed by atoms with Crippen LogP contribution in [0.1, 0.15) is 40.9 Å². The molecule has 3 aromatic carbocycles. The second-order valence-electron chi connectivity index (χ2n) is 9.89. The van der Waals surface area contributed by atoms with E-state index in [-0.39, 0.29) is 31.9 Å². The normalized spacial score (nSPS) is 18.3. The Morgan fingerprint density at radius 2 is 1.72 bits per heavy atom. The molecule has 4 nitrogen and oxygen atoms in total. The monoisotopic (exact) mass is 586 g/mol. The summed E-state index contributed by atoms with van der Waals surface area (Å²) in [5.41, 5.74) is 2.82. The lowest BCUT2D eigenvalue weighted by atomic mass is 9.89. The Morgan fingerprint density at radius 3 is 2.38 bits per heavy atom. The molecule has 39 heavy (non-hydrogen) atoms. The summed E-state index contributed by atoms with van der Waals surface area (Å²) in [5, 5.41) is 3.24. The molecule has 9 heteroatoms. The van der Waals surface area contributed by atoms with Crippen molar-refractivity contribution in [1.29, 1.82) is 0 Å². The third kappa shape index (κ3) is 5.86. The van der Waals surface area contributed by atoms with Crippen LogP contribution < -0.4 is 5.32 Å². The number of fused-ring (bicyclic) bond motifs is 1. The summed E-state index contributed by atoms with van der Waals surface area (Å²) in [4.78, 5) is 16.8. The minimum absolute atomic E-state index is 0.0347. The molecule has 1 aliphatic rings. The van der Waals surface area contributed by atoms with E-state index in [1.54, 1.807) is 6.26 Å². The van der Waals surface area contributed by atoms with Gasteiger partial charge in [0.1, 0.15) is 22.8 Å². The quantitative estimate of drug-likeness (QED) is 0.229. The molecular formula is C30H29ClF2N2O2S2. The van der Waals surface area contributed by atoms with Crippen molar-refractivity contribution < 1.29 is 18.1 Å². The lowest BCUT2D eigenvalue weighted by Gasteiger charge is -2.37. The van der Waals surface area contributed by atoms with Crippen molar-refractivity contribution in [2.75, 3.05) is 13.3 Å². The van der Waals surface area contributed by atoms with Crippen molar-refractivity contribution in [2.24, 2.45) is 0 Å². The molecule has 0 saturated heterocycles. The Kier molecular flexibility index (Phi) is 8.59. The van der Waals surface area contributed by atoms with Crippen LogP contribution in [0.4, 0.5) is 8.78 Å². The molecule has 1 aliphatic carbocycles. The molecule has 1 N–H and O–H groups in total. The summed E-state index contributed by atoms with van der Waals surface area (Å²) in [5.74, 6) is -1.56. The number of carbonyl (C=O) groups is 1. The number of benzene rings is 3. The Morgan fingerprint density at radius 1 is 1.05 bits per heavy atom. The van der Waals surface area contributed by atoms with Crippen LogP contribution in [0.3, 0.4) is 0 Å². The van der Waals surface area contributed by atoms with Crippen LogP contribution in [0.2, 0.25) is 5.02 Å². The number of hydrogen-bond acceptors (Lipinski definition) is 4. The first-order valence-electron chi connectivity index (χ1n) is 12.8. The second kappa shape index (κ2) is 11.9. The van der Waals surface area contributed by atoms with Gasteiger partial charge in [0.05, 0.1) is 15.1 Å². The first-order chi connectivity index (χ1) is 18.8. The molecule has 1 unspecified atom stereocenters. The SMILES string of the molecule is CN[C@H]1CC[C@@H](N(Cc2cccc(-c3cccc([S+](C)[O-])c3)c2)C(=O)c2sc3c(F)ccc(F)c3c2Cl)CC1. The van der Waals surface area contributed by atoms with E-state index >= 15 is 0 Å². The Labute approximate surface area is 239 Å². The smallest absolute Gasteiger partial charge is 0.266 e. The van der Waals surface area contributed by atoms with E-state index in [1.807, 2.05) is 60.5 Å². The molecule has 1 amide bonds. The maximum Gasteiger partial charge on any atom is 0.266 e. The average molecular weight is 587 g/mol. The molecule has 0 spiro atoms. The van der Waals surface area contributed by atoms with Crippen LogP contribution in [-0.4, -0.2) is 40.7 Å². The number of nitrogens with one attached hydrogen (secondary N) is 1. The molecule has 0 bridgehead atoms. The van der Waals surface area contributed by atoms with Crippen LogP contribution >= 0.6 is 22.9 Å². The van der Waals surface area contributed by atoms with Crippen molar-refractivity contribution in [1.82, 2.24) is 10.2 Å². The van der Waals surface area contributed by atoms with Gasteiger partial charge in [0.2, 0.25) is 0 Å². The van der Waals surface area contributed by atoms with E-state index in [0.717, 1.165) is 70.7 Å². The highest BCUT2D eigenvalue weighted by atomic mass is 35.5. The summed E-state index contributed by atoms with van der Waals surface area (Å²) in [6, 6.07) is 18.0. The molecular weight excluding hydrogens is 558 g/mol. The second-order valence-corrected chi connectivity index (χ2v) is 12.7. The minimum atomic E-state index is -1.10. The molecule has 0 radical (unpaired) electrons. The Bertz CT molecular complexity index is 1500. The summed E-state index contributed by atoms with van der Waals surface area (Å²) in [7, 11) is 1.95. The number of rotatable bonds is 7. The summed E-state index contributed by atoms with van der Waals surface area (Å²) < 4.78 is 41.2. The van der Waals surface area contributed by atoms with Crippen LogP contribution in [0.5, 0.6) is 0 Å². The topological polar surface area (TPSA) is 55.4 Å². The van der Waals surface area contributed by atoms with Crippen molar-refractivity contribution >= 4 is 50.1 Å². The third-order valence-corrected chi connectivity index (χ3v) is 10.1. The number of nitrogens with zero attached hydrogens (tertiary/aromatic N) is 1. The fourth-order valence-electron chi connectivity index (χ4n) is 5.31. The fraction of sp³-hybridized carbons (Fsp3) is 0.300.